The monoisotopic (exact) mass is 479 g/mol. The van der Waals surface area contributed by atoms with Crippen LogP contribution in [0, 0.1) is 11.7 Å². The number of nitrogens with zero attached hydrogens (tertiary/aromatic N) is 2. The van der Waals surface area contributed by atoms with Crippen molar-refractivity contribution >= 4 is 11.8 Å². The number of carbonyl (C=O) groups is 2. The molecule has 2 aliphatic heterocycles. The molecule has 1 N–H and O–H groups in total. The summed E-state index contributed by atoms with van der Waals surface area (Å²) in [6, 6.07) is 16.4. The first-order valence-electron chi connectivity index (χ1n) is 13.0. The minimum absolute atomic E-state index is 0.0427. The maximum Gasteiger partial charge on any atom is 0.246 e. The molecule has 2 amide bonds. The van der Waals surface area contributed by atoms with Gasteiger partial charge in [0.15, 0.2) is 0 Å². The van der Waals surface area contributed by atoms with Crippen molar-refractivity contribution in [1.29, 1.82) is 0 Å². The van der Waals surface area contributed by atoms with Gasteiger partial charge in [-0.05, 0) is 74.2 Å². The van der Waals surface area contributed by atoms with E-state index in [-0.39, 0.29) is 30.1 Å². The summed E-state index contributed by atoms with van der Waals surface area (Å²) >= 11 is 0. The summed E-state index contributed by atoms with van der Waals surface area (Å²) in [5, 5.41) is 3.05. The molecular weight excluding hydrogens is 441 g/mol. The number of piperidine rings is 1. The second-order valence-electron chi connectivity index (χ2n) is 10.5. The van der Waals surface area contributed by atoms with Crippen LogP contribution < -0.4 is 5.32 Å². The molecule has 2 aromatic carbocycles. The average molecular weight is 480 g/mol. The average Bonchev–Trinajstić information content (AvgIpc) is 2.84. The Hall–Kier alpha value is -2.73. The Labute approximate surface area is 208 Å². The Kier molecular flexibility index (Phi) is 8.22. The van der Waals surface area contributed by atoms with Gasteiger partial charge in [0.05, 0.1) is 0 Å². The molecule has 188 valence electrons. The standard InChI is InChI=1S/C29H38FN3O2/c1-22(2)19-26-27(34)33(21-24-12-8-13-25(30)20-24)29(28(35)31-26)14-17-32(18-15-29)16-7-6-11-23-9-4-3-5-10-23/h3-5,8-10,12-13,20,22,26H,6-7,11,14-19,21H2,1-2H3,(H,31,35)/t26-/m0/s1. The summed E-state index contributed by atoms with van der Waals surface area (Å²) in [5.41, 5.74) is 1.22. The second kappa shape index (κ2) is 11.3. The van der Waals surface area contributed by atoms with Gasteiger partial charge in [0, 0.05) is 19.6 Å². The van der Waals surface area contributed by atoms with Gasteiger partial charge in [-0.25, -0.2) is 4.39 Å². The quantitative estimate of drug-likeness (QED) is 0.537. The van der Waals surface area contributed by atoms with Crippen LogP contribution in [0.4, 0.5) is 4.39 Å². The van der Waals surface area contributed by atoms with E-state index in [9.17, 15) is 14.0 Å². The van der Waals surface area contributed by atoms with Gasteiger partial charge >= 0.3 is 0 Å². The second-order valence-corrected chi connectivity index (χ2v) is 10.5. The molecule has 2 aliphatic rings. The Morgan fingerprint density at radius 1 is 1.00 bits per heavy atom. The molecule has 4 rings (SSSR count). The molecule has 2 aromatic rings. The maximum atomic E-state index is 13.9. The number of carbonyl (C=O) groups excluding carboxylic acids is 2. The molecule has 0 aromatic heterocycles. The number of benzene rings is 2. The number of unbranched alkanes of at least 4 members (excludes halogenated alkanes) is 1. The van der Waals surface area contributed by atoms with Gasteiger partial charge in [-0.2, -0.15) is 0 Å². The first-order valence-corrected chi connectivity index (χ1v) is 13.0. The number of amides is 2. The van der Waals surface area contributed by atoms with Gasteiger partial charge in [-0.1, -0.05) is 56.3 Å². The number of halogens is 1. The molecule has 35 heavy (non-hydrogen) atoms. The Morgan fingerprint density at radius 3 is 2.40 bits per heavy atom. The Bertz CT molecular complexity index is 1000. The van der Waals surface area contributed by atoms with Crippen LogP contribution in [-0.2, 0) is 22.6 Å². The van der Waals surface area contributed by atoms with Crippen LogP contribution in [0.2, 0.25) is 0 Å². The van der Waals surface area contributed by atoms with E-state index >= 15 is 0 Å². The molecule has 2 fully saturated rings. The van der Waals surface area contributed by atoms with Gasteiger partial charge in [0.2, 0.25) is 11.8 Å². The number of likely N-dealkylation sites (tertiary alicyclic amines) is 1. The largest absolute Gasteiger partial charge is 0.342 e. The summed E-state index contributed by atoms with van der Waals surface area (Å²) in [6.45, 7) is 6.92. The number of rotatable bonds is 9. The van der Waals surface area contributed by atoms with Crippen LogP contribution in [0.1, 0.15) is 57.1 Å². The van der Waals surface area contributed by atoms with E-state index in [2.05, 4.69) is 48.3 Å². The van der Waals surface area contributed by atoms with E-state index in [0.29, 0.717) is 19.3 Å². The van der Waals surface area contributed by atoms with Gasteiger partial charge in [0.25, 0.3) is 0 Å². The molecule has 2 heterocycles. The third-order valence-electron chi connectivity index (χ3n) is 7.46. The SMILES string of the molecule is CC(C)C[C@@H]1NC(=O)C2(CCN(CCCCc3ccccc3)CC2)N(Cc2cccc(F)c2)C1=O. The molecular formula is C29H38FN3O2. The van der Waals surface area contributed by atoms with E-state index in [1.54, 1.807) is 11.0 Å². The van der Waals surface area contributed by atoms with E-state index in [1.165, 1.54) is 17.7 Å². The Balaban J connectivity index is 1.41. The van der Waals surface area contributed by atoms with E-state index in [4.69, 9.17) is 0 Å². The lowest BCUT2D eigenvalue weighted by molar-refractivity contribution is -0.162. The molecule has 1 spiro atoms. The Morgan fingerprint density at radius 2 is 1.71 bits per heavy atom. The highest BCUT2D eigenvalue weighted by Crippen LogP contribution is 2.35. The first-order chi connectivity index (χ1) is 16.9. The minimum atomic E-state index is -0.864. The highest BCUT2D eigenvalue weighted by molar-refractivity contribution is 6.00. The molecule has 0 radical (unpaired) electrons. The molecule has 0 aliphatic carbocycles. The van der Waals surface area contributed by atoms with Crippen LogP contribution >= 0.6 is 0 Å². The lowest BCUT2D eigenvalue weighted by atomic mass is 9.80. The van der Waals surface area contributed by atoms with Crippen molar-refractivity contribution < 1.29 is 14.0 Å². The van der Waals surface area contributed by atoms with Crippen LogP contribution in [-0.4, -0.2) is 52.8 Å². The molecule has 0 bridgehead atoms. The third kappa shape index (κ3) is 6.10. The third-order valence-corrected chi connectivity index (χ3v) is 7.46. The number of hydrogen-bond donors (Lipinski definition) is 1. The summed E-state index contributed by atoms with van der Waals surface area (Å²) in [4.78, 5) is 31.3. The normalized spacial score (nSPS) is 20.5. The van der Waals surface area contributed by atoms with Crippen molar-refractivity contribution in [3.63, 3.8) is 0 Å². The van der Waals surface area contributed by atoms with E-state index in [0.717, 1.165) is 44.5 Å². The lowest BCUT2D eigenvalue weighted by Crippen LogP contribution is -2.72. The zero-order valence-corrected chi connectivity index (χ0v) is 21.0. The predicted molar refractivity (Wildman–Crippen MR) is 136 cm³/mol. The topological polar surface area (TPSA) is 52.7 Å². The fraction of sp³-hybridized carbons (Fsp3) is 0.517. The molecule has 0 unspecified atom stereocenters. The summed E-state index contributed by atoms with van der Waals surface area (Å²) in [5.74, 6) is -0.136. The van der Waals surface area contributed by atoms with Crippen LogP contribution in [0.15, 0.2) is 54.6 Å². The van der Waals surface area contributed by atoms with Crippen molar-refractivity contribution in [2.75, 3.05) is 19.6 Å². The molecule has 5 nitrogen and oxygen atoms in total. The summed E-state index contributed by atoms with van der Waals surface area (Å²) in [6.07, 6.45) is 5.13. The number of piperazine rings is 1. The van der Waals surface area contributed by atoms with Crippen LogP contribution in [0.3, 0.4) is 0 Å². The van der Waals surface area contributed by atoms with Crippen molar-refractivity contribution in [3.05, 3.63) is 71.5 Å². The van der Waals surface area contributed by atoms with E-state index in [1.807, 2.05) is 12.1 Å². The number of aryl methyl sites for hydroxylation is 1. The van der Waals surface area contributed by atoms with Crippen molar-refractivity contribution in [2.45, 2.75) is 70.5 Å². The van der Waals surface area contributed by atoms with E-state index < -0.39 is 11.6 Å². The van der Waals surface area contributed by atoms with Gasteiger partial charge in [-0.15, -0.1) is 0 Å². The number of hydrogen-bond acceptors (Lipinski definition) is 3. The predicted octanol–water partition coefficient (Wildman–Crippen LogP) is 4.56. The van der Waals surface area contributed by atoms with Crippen molar-refractivity contribution in [3.8, 4) is 0 Å². The fourth-order valence-corrected chi connectivity index (χ4v) is 5.51. The minimum Gasteiger partial charge on any atom is -0.342 e. The van der Waals surface area contributed by atoms with Crippen LogP contribution in [0.25, 0.3) is 0 Å². The van der Waals surface area contributed by atoms with Crippen molar-refractivity contribution in [1.82, 2.24) is 15.1 Å². The highest BCUT2D eigenvalue weighted by atomic mass is 19.1. The summed E-state index contributed by atoms with van der Waals surface area (Å²) in [7, 11) is 0. The van der Waals surface area contributed by atoms with Crippen LogP contribution in [0.5, 0.6) is 0 Å². The molecule has 0 saturated carbocycles. The smallest absolute Gasteiger partial charge is 0.246 e. The lowest BCUT2D eigenvalue weighted by Gasteiger charge is -2.52. The zero-order chi connectivity index (χ0) is 24.8. The van der Waals surface area contributed by atoms with Gasteiger partial charge in [0.1, 0.15) is 17.4 Å². The fourth-order valence-electron chi connectivity index (χ4n) is 5.51. The zero-order valence-electron chi connectivity index (χ0n) is 21.0. The van der Waals surface area contributed by atoms with Crippen molar-refractivity contribution in [2.24, 2.45) is 5.92 Å². The number of nitrogens with one attached hydrogen (secondary N) is 1. The molecule has 6 heteroatoms. The molecule has 1 atom stereocenters. The van der Waals surface area contributed by atoms with Gasteiger partial charge < -0.3 is 15.1 Å². The van der Waals surface area contributed by atoms with Gasteiger partial charge in [-0.3, -0.25) is 9.59 Å². The highest BCUT2D eigenvalue weighted by Gasteiger charge is 2.53. The first kappa shape index (κ1) is 25.4. The maximum absolute atomic E-state index is 13.9. The molecule has 2 saturated heterocycles. The summed E-state index contributed by atoms with van der Waals surface area (Å²) < 4.78 is 13.9.